The Morgan fingerprint density at radius 3 is 2.62 bits per heavy atom. The predicted molar refractivity (Wildman–Crippen MR) is 89.1 cm³/mol. The van der Waals surface area contributed by atoms with E-state index in [1.807, 2.05) is 0 Å². The van der Waals surface area contributed by atoms with Crippen LogP contribution in [0.4, 0.5) is 5.13 Å². The predicted octanol–water partition coefficient (Wildman–Crippen LogP) is 2.51. The molecule has 5 nitrogen and oxygen atoms in total. The van der Waals surface area contributed by atoms with Gasteiger partial charge in [-0.05, 0) is 12.5 Å². The second-order valence-electron chi connectivity index (χ2n) is 5.41. The maximum Gasteiger partial charge on any atom is 0.185 e. The number of thiazole rings is 1. The number of rotatable bonds is 11. The van der Waals surface area contributed by atoms with E-state index in [-0.39, 0.29) is 0 Å². The molecule has 0 radical (unpaired) electrons. The summed E-state index contributed by atoms with van der Waals surface area (Å²) in [7, 11) is 3.45. The summed E-state index contributed by atoms with van der Waals surface area (Å²) < 4.78 is 10.5. The number of ether oxygens (including phenoxy) is 2. The van der Waals surface area contributed by atoms with E-state index in [2.05, 4.69) is 31.0 Å². The standard InChI is InChI=1S/C15H29N3O2S/c1-6-16-9-14-13(11-20-5)17-15(21-14)18(7-8-19-4)10-12(2)3/h12,16H,6-11H2,1-5H3. The lowest BCUT2D eigenvalue weighted by Gasteiger charge is -2.23. The number of hydrogen-bond donors (Lipinski definition) is 1. The topological polar surface area (TPSA) is 46.6 Å². The van der Waals surface area contributed by atoms with Gasteiger partial charge in [0.2, 0.25) is 0 Å². The number of anilines is 1. The molecule has 1 aromatic heterocycles. The summed E-state index contributed by atoms with van der Waals surface area (Å²) in [6, 6.07) is 0. The molecule has 6 heteroatoms. The molecule has 0 amide bonds. The Morgan fingerprint density at radius 1 is 1.29 bits per heavy atom. The van der Waals surface area contributed by atoms with Gasteiger partial charge < -0.3 is 19.7 Å². The largest absolute Gasteiger partial charge is 0.383 e. The van der Waals surface area contributed by atoms with Crippen LogP contribution in [0.15, 0.2) is 0 Å². The van der Waals surface area contributed by atoms with Crippen molar-refractivity contribution in [1.29, 1.82) is 0 Å². The summed E-state index contributed by atoms with van der Waals surface area (Å²) in [6.07, 6.45) is 0. The molecule has 0 aromatic carbocycles. The Morgan fingerprint density at radius 2 is 2.05 bits per heavy atom. The number of nitrogens with zero attached hydrogens (tertiary/aromatic N) is 2. The van der Waals surface area contributed by atoms with Crippen molar-refractivity contribution in [3.63, 3.8) is 0 Å². The van der Waals surface area contributed by atoms with Crippen LogP contribution in [0, 0.1) is 5.92 Å². The van der Waals surface area contributed by atoms with E-state index in [0.29, 0.717) is 19.1 Å². The van der Waals surface area contributed by atoms with Crippen LogP contribution in [0.2, 0.25) is 0 Å². The molecule has 0 saturated heterocycles. The van der Waals surface area contributed by atoms with Crippen LogP contribution >= 0.6 is 11.3 Å². The van der Waals surface area contributed by atoms with Crippen molar-refractivity contribution < 1.29 is 9.47 Å². The van der Waals surface area contributed by atoms with Gasteiger partial charge in [-0.1, -0.05) is 20.8 Å². The van der Waals surface area contributed by atoms with Crippen molar-refractivity contribution in [2.24, 2.45) is 5.92 Å². The van der Waals surface area contributed by atoms with Crippen molar-refractivity contribution in [2.45, 2.75) is 33.9 Å². The quantitative estimate of drug-likeness (QED) is 0.680. The SMILES string of the molecule is CCNCc1sc(N(CCOC)CC(C)C)nc1COC. The first kappa shape index (κ1) is 18.4. The minimum absolute atomic E-state index is 0.566. The fraction of sp³-hybridized carbons (Fsp3) is 0.800. The summed E-state index contributed by atoms with van der Waals surface area (Å²) in [5, 5.41) is 4.44. The van der Waals surface area contributed by atoms with Crippen molar-refractivity contribution in [2.75, 3.05) is 45.4 Å². The molecule has 1 rings (SSSR count). The minimum Gasteiger partial charge on any atom is -0.383 e. The monoisotopic (exact) mass is 315 g/mol. The van der Waals surface area contributed by atoms with Gasteiger partial charge in [-0.25, -0.2) is 4.98 Å². The van der Waals surface area contributed by atoms with Crippen LogP contribution in [-0.2, 0) is 22.6 Å². The first-order chi connectivity index (χ1) is 10.1. The maximum atomic E-state index is 5.28. The smallest absolute Gasteiger partial charge is 0.185 e. The van der Waals surface area contributed by atoms with Crippen molar-refractivity contribution in [3.05, 3.63) is 10.6 Å². The first-order valence-electron chi connectivity index (χ1n) is 7.54. The molecule has 1 aromatic rings. The van der Waals surface area contributed by atoms with Gasteiger partial charge in [0.25, 0.3) is 0 Å². The van der Waals surface area contributed by atoms with Crippen LogP contribution in [0.1, 0.15) is 31.3 Å². The summed E-state index contributed by atoms with van der Waals surface area (Å²) in [5.41, 5.74) is 1.05. The van der Waals surface area contributed by atoms with Crippen LogP contribution in [-0.4, -0.2) is 45.4 Å². The van der Waals surface area contributed by atoms with Crippen LogP contribution in [0.25, 0.3) is 0 Å². The fourth-order valence-corrected chi connectivity index (χ4v) is 3.11. The molecular formula is C15H29N3O2S. The summed E-state index contributed by atoms with van der Waals surface area (Å²) in [6.45, 7) is 11.5. The van der Waals surface area contributed by atoms with E-state index in [4.69, 9.17) is 14.5 Å². The van der Waals surface area contributed by atoms with Gasteiger partial charge in [0.05, 0.1) is 18.9 Å². The minimum atomic E-state index is 0.566. The van der Waals surface area contributed by atoms with Crippen molar-refractivity contribution in [3.8, 4) is 0 Å². The van der Waals surface area contributed by atoms with Gasteiger partial charge in [0.1, 0.15) is 0 Å². The highest BCUT2D eigenvalue weighted by molar-refractivity contribution is 7.15. The highest BCUT2D eigenvalue weighted by Gasteiger charge is 2.17. The molecule has 0 bridgehead atoms. The average molecular weight is 315 g/mol. The Balaban J connectivity index is 2.89. The molecule has 122 valence electrons. The molecule has 0 aliphatic rings. The van der Waals surface area contributed by atoms with E-state index in [1.165, 1.54) is 4.88 Å². The lowest BCUT2D eigenvalue weighted by Crippen LogP contribution is -2.30. The van der Waals surface area contributed by atoms with Gasteiger partial charge in [0.15, 0.2) is 5.13 Å². The van der Waals surface area contributed by atoms with Crippen LogP contribution < -0.4 is 10.2 Å². The lowest BCUT2D eigenvalue weighted by atomic mass is 10.2. The van der Waals surface area contributed by atoms with E-state index < -0.39 is 0 Å². The third kappa shape index (κ3) is 6.30. The molecule has 1 heterocycles. The second-order valence-corrected chi connectivity index (χ2v) is 6.47. The lowest BCUT2D eigenvalue weighted by molar-refractivity contribution is 0.181. The van der Waals surface area contributed by atoms with Gasteiger partial charge in [-0.3, -0.25) is 0 Å². The molecule has 0 atom stereocenters. The van der Waals surface area contributed by atoms with E-state index in [1.54, 1.807) is 25.6 Å². The number of methoxy groups -OCH3 is 2. The number of aromatic nitrogens is 1. The van der Waals surface area contributed by atoms with E-state index in [9.17, 15) is 0 Å². The molecule has 0 unspecified atom stereocenters. The first-order valence-corrected chi connectivity index (χ1v) is 8.36. The summed E-state index contributed by atoms with van der Waals surface area (Å²) in [4.78, 5) is 8.36. The molecular weight excluding hydrogens is 286 g/mol. The van der Waals surface area contributed by atoms with Gasteiger partial charge >= 0.3 is 0 Å². The van der Waals surface area contributed by atoms with E-state index >= 15 is 0 Å². The molecule has 1 N–H and O–H groups in total. The van der Waals surface area contributed by atoms with Crippen molar-refractivity contribution in [1.82, 2.24) is 10.3 Å². The van der Waals surface area contributed by atoms with Crippen molar-refractivity contribution >= 4 is 16.5 Å². The highest BCUT2D eigenvalue weighted by Crippen LogP contribution is 2.27. The molecule has 0 aliphatic heterocycles. The summed E-state index contributed by atoms with van der Waals surface area (Å²) >= 11 is 1.76. The Hall–Kier alpha value is -0.690. The molecule has 0 aliphatic carbocycles. The molecule has 21 heavy (non-hydrogen) atoms. The average Bonchev–Trinajstić information content (AvgIpc) is 2.84. The zero-order chi connectivity index (χ0) is 15.7. The Kier molecular flexibility index (Phi) is 8.84. The fourth-order valence-electron chi connectivity index (χ4n) is 2.04. The summed E-state index contributed by atoms with van der Waals surface area (Å²) in [5.74, 6) is 0.592. The van der Waals surface area contributed by atoms with Crippen LogP contribution in [0.5, 0.6) is 0 Å². The maximum absolute atomic E-state index is 5.28. The number of hydrogen-bond acceptors (Lipinski definition) is 6. The molecule has 0 spiro atoms. The van der Waals surface area contributed by atoms with Crippen LogP contribution in [0.3, 0.4) is 0 Å². The Bertz CT molecular complexity index is 396. The van der Waals surface area contributed by atoms with Gasteiger partial charge in [-0.15, -0.1) is 11.3 Å². The Labute approximate surface area is 132 Å². The zero-order valence-corrected chi connectivity index (χ0v) is 14.8. The molecule has 0 fully saturated rings. The third-order valence-corrected chi connectivity index (χ3v) is 4.16. The second kappa shape index (κ2) is 10.1. The normalized spacial score (nSPS) is 11.3. The number of nitrogens with one attached hydrogen (secondary N) is 1. The highest BCUT2D eigenvalue weighted by atomic mass is 32.1. The third-order valence-electron chi connectivity index (χ3n) is 3.00. The van der Waals surface area contributed by atoms with Gasteiger partial charge in [-0.2, -0.15) is 0 Å². The van der Waals surface area contributed by atoms with Gasteiger partial charge in [0, 0.05) is 38.7 Å². The zero-order valence-electron chi connectivity index (χ0n) is 13.9. The van der Waals surface area contributed by atoms with E-state index in [0.717, 1.165) is 37.0 Å². The molecule has 0 saturated carbocycles.